The first-order chi connectivity index (χ1) is 9.31. The van der Waals surface area contributed by atoms with Crippen molar-refractivity contribution in [1.29, 1.82) is 0 Å². The number of thiophene rings is 1. The third-order valence-electron chi connectivity index (χ3n) is 3.26. The summed E-state index contributed by atoms with van der Waals surface area (Å²) in [5, 5.41) is 9.75. The van der Waals surface area contributed by atoms with Gasteiger partial charge < -0.3 is 5.32 Å². The number of pyridine rings is 1. The van der Waals surface area contributed by atoms with Crippen LogP contribution in [0, 0.1) is 0 Å². The van der Waals surface area contributed by atoms with E-state index in [1.165, 1.54) is 15.8 Å². The molecule has 0 fully saturated rings. The molecule has 19 heavy (non-hydrogen) atoms. The zero-order valence-corrected chi connectivity index (χ0v) is 11.8. The Balaban J connectivity index is 2.00. The second kappa shape index (κ2) is 5.11. The fourth-order valence-corrected chi connectivity index (χ4v) is 3.04. The average molecular weight is 272 g/mol. The third-order valence-corrected chi connectivity index (χ3v) is 4.11. The first-order valence-corrected chi connectivity index (χ1v) is 7.22. The van der Waals surface area contributed by atoms with Gasteiger partial charge in [0.25, 0.3) is 0 Å². The molecule has 0 bridgehead atoms. The lowest BCUT2D eigenvalue weighted by Gasteiger charge is -2.14. The van der Waals surface area contributed by atoms with Crippen molar-refractivity contribution >= 4 is 21.6 Å². The summed E-state index contributed by atoms with van der Waals surface area (Å²) in [7, 11) is 1.96. The highest BCUT2D eigenvalue weighted by atomic mass is 32.1. The molecule has 0 saturated carbocycles. The predicted molar refractivity (Wildman–Crippen MR) is 78.4 cm³/mol. The summed E-state index contributed by atoms with van der Waals surface area (Å²) < 4.78 is 3.16. The van der Waals surface area contributed by atoms with Crippen molar-refractivity contribution < 1.29 is 0 Å². The third kappa shape index (κ3) is 2.27. The SMILES string of the molecule is CCn1cc(C(NC)c2cnc3ccsc3c2)cn1. The maximum absolute atomic E-state index is 4.51. The van der Waals surface area contributed by atoms with E-state index in [2.05, 4.69) is 40.0 Å². The summed E-state index contributed by atoms with van der Waals surface area (Å²) in [6.07, 6.45) is 5.95. The Bertz CT molecular complexity index is 685. The topological polar surface area (TPSA) is 42.7 Å². The van der Waals surface area contributed by atoms with Crippen molar-refractivity contribution in [3.63, 3.8) is 0 Å². The molecule has 1 atom stereocenters. The normalized spacial score (nSPS) is 12.9. The molecule has 0 aliphatic heterocycles. The van der Waals surface area contributed by atoms with Crippen LogP contribution in [0.5, 0.6) is 0 Å². The molecule has 0 aromatic carbocycles. The molecule has 0 radical (unpaired) electrons. The first-order valence-electron chi connectivity index (χ1n) is 6.34. The van der Waals surface area contributed by atoms with Crippen molar-refractivity contribution in [2.45, 2.75) is 19.5 Å². The summed E-state index contributed by atoms with van der Waals surface area (Å²) >= 11 is 1.72. The molecular weight excluding hydrogens is 256 g/mol. The largest absolute Gasteiger partial charge is 0.309 e. The second-order valence-electron chi connectivity index (χ2n) is 4.42. The van der Waals surface area contributed by atoms with E-state index in [4.69, 9.17) is 0 Å². The fraction of sp³-hybridized carbons (Fsp3) is 0.286. The number of nitrogens with zero attached hydrogens (tertiary/aromatic N) is 3. The molecule has 3 rings (SSSR count). The highest BCUT2D eigenvalue weighted by Gasteiger charge is 2.15. The van der Waals surface area contributed by atoms with Gasteiger partial charge in [0, 0.05) is 24.5 Å². The molecule has 98 valence electrons. The van der Waals surface area contributed by atoms with E-state index in [1.807, 2.05) is 30.2 Å². The van der Waals surface area contributed by atoms with Gasteiger partial charge in [0.1, 0.15) is 0 Å². The summed E-state index contributed by atoms with van der Waals surface area (Å²) in [5.74, 6) is 0. The van der Waals surface area contributed by atoms with Gasteiger partial charge in [0.15, 0.2) is 0 Å². The van der Waals surface area contributed by atoms with E-state index in [1.54, 1.807) is 11.3 Å². The van der Waals surface area contributed by atoms with Crippen molar-refractivity contribution in [1.82, 2.24) is 20.1 Å². The fourth-order valence-electron chi connectivity index (χ4n) is 2.25. The molecule has 5 heteroatoms. The van der Waals surface area contributed by atoms with Gasteiger partial charge in [0.05, 0.1) is 22.5 Å². The van der Waals surface area contributed by atoms with Gasteiger partial charge in [-0.2, -0.15) is 5.10 Å². The first kappa shape index (κ1) is 12.3. The number of fused-ring (bicyclic) bond motifs is 1. The van der Waals surface area contributed by atoms with Gasteiger partial charge in [-0.25, -0.2) is 0 Å². The molecule has 0 saturated heterocycles. The van der Waals surface area contributed by atoms with Crippen LogP contribution in [0.25, 0.3) is 10.2 Å². The molecule has 1 unspecified atom stereocenters. The zero-order chi connectivity index (χ0) is 13.2. The maximum atomic E-state index is 4.51. The molecule has 1 N–H and O–H groups in total. The summed E-state index contributed by atoms with van der Waals surface area (Å²) in [4.78, 5) is 4.51. The van der Waals surface area contributed by atoms with E-state index >= 15 is 0 Å². The lowest BCUT2D eigenvalue weighted by molar-refractivity contribution is 0.653. The van der Waals surface area contributed by atoms with Crippen LogP contribution in [0.3, 0.4) is 0 Å². The van der Waals surface area contributed by atoms with Crippen molar-refractivity contribution in [3.8, 4) is 0 Å². The second-order valence-corrected chi connectivity index (χ2v) is 5.37. The summed E-state index contributed by atoms with van der Waals surface area (Å²) in [5.41, 5.74) is 3.41. The van der Waals surface area contributed by atoms with Crippen molar-refractivity contribution in [2.24, 2.45) is 0 Å². The standard InChI is InChI=1S/C14H16N4S/c1-3-18-9-11(8-17-18)14(15-2)10-6-13-12(16-7-10)4-5-19-13/h4-9,14-15H,3H2,1-2H3. The van der Waals surface area contributed by atoms with Crippen LogP contribution in [0.2, 0.25) is 0 Å². The zero-order valence-electron chi connectivity index (χ0n) is 11.0. The predicted octanol–water partition coefficient (Wildman–Crippen LogP) is 2.82. The maximum Gasteiger partial charge on any atom is 0.0809 e. The minimum absolute atomic E-state index is 0.138. The van der Waals surface area contributed by atoms with Crippen LogP contribution in [0.15, 0.2) is 36.1 Å². The summed E-state index contributed by atoms with van der Waals surface area (Å²) in [6.45, 7) is 2.98. The number of aryl methyl sites for hydroxylation is 1. The van der Waals surface area contributed by atoms with Gasteiger partial charge in [-0.1, -0.05) is 0 Å². The highest BCUT2D eigenvalue weighted by Crippen LogP contribution is 2.26. The van der Waals surface area contributed by atoms with Gasteiger partial charge in [-0.3, -0.25) is 9.67 Å². The van der Waals surface area contributed by atoms with Crippen LogP contribution < -0.4 is 5.32 Å². The van der Waals surface area contributed by atoms with E-state index < -0.39 is 0 Å². The van der Waals surface area contributed by atoms with Crippen LogP contribution in [-0.2, 0) is 6.54 Å². The Morgan fingerprint density at radius 3 is 3.00 bits per heavy atom. The lowest BCUT2D eigenvalue weighted by atomic mass is 10.0. The van der Waals surface area contributed by atoms with Crippen LogP contribution in [0.1, 0.15) is 24.1 Å². The quantitative estimate of drug-likeness (QED) is 0.794. The molecule has 3 aromatic heterocycles. The lowest BCUT2D eigenvalue weighted by Crippen LogP contribution is -2.17. The van der Waals surface area contributed by atoms with Crippen molar-refractivity contribution in [2.75, 3.05) is 7.05 Å². The van der Waals surface area contributed by atoms with E-state index in [-0.39, 0.29) is 6.04 Å². The molecule has 0 amide bonds. The molecule has 3 aromatic rings. The van der Waals surface area contributed by atoms with Gasteiger partial charge in [0.2, 0.25) is 0 Å². The minimum atomic E-state index is 0.138. The van der Waals surface area contributed by atoms with Gasteiger partial charge in [-0.05, 0) is 37.0 Å². The Labute approximate surface area is 116 Å². The summed E-state index contributed by atoms with van der Waals surface area (Å²) in [6, 6.07) is 4.39. The number of hydrogen-bond acceptors (Lipinski definition) is 4. The highest BCUT2D eigenvalue weighted by molar-refractivity contribution is 7.17. The number of nitrogens with one attached hydrogen (secondary N) is 1. The Morgan fingerprint density at radius 2 is 2.26 bits per heavy atom. The Kier molecular flexibility index (Phi) is 3.31. The van der Waals surface area contributed by atoms with Gasteiger partial charge >= 0.3 is 0 Å². The van der Waals surface area contributed by atoms with Crippen LogP contribution in [-0.4, -0.2) is 21.8 Å². The molecule has 0 aliphatic carbocycles. The van der Waals surface area contributed by atoms with Crippen LogP contribution >= 0.6 is 11.3 Å². The minimum Gasteiger partial charge on any atom is -0.309 e. The molecule has 0 aliphatic rings. The van der Waals surface area contributed by atoms with Crippen LogP contribution in [0.4, 0.5) is 0 Å². The molecule has 4 nitrogen and oxygen atoms in total. The monoisotopic (exact) mass is 272 g/mol. The Hall–Kier alpha value is -1.72. The average Bonchev–Trinajstić information content (AvgIpc) is 3.07. The van der Waals surface area contributed by atoms with E-state index in [0.717, 1.165) is 12.1 Å². The number of aromatic nitrogens is 3. The van der Waals surface area contributed by atoms with E-state index in [0.29, 0.717) is 0 Å². The molecule has 3 heterocycles. The Morgan fingerprint density at radius 1 is 1.37 bits per heavy atom. The van der Waals surface area contributed by atoms with E-state index in [9.17, 15) is 0 Å². The van der Waals surface area contributed by atoms with Crippen molar-refractivity contribution in [3.05, 3.63) is 47.2 Å². The number of hydrogen-bond donors (Lipinski definition) is 1. The number of rotatable bonds is 4. The molecular formula is C14H16N4S. The molecule has 0 spiro atoms. The smallest absolute Gasteiger partial charge is 0.0809 e. The van der Waals surface area contributed by atoms with Gasteiger partial charge in [-0.15, -0.1) is 11.3 Å².